The second-order valence-electron chi connectivity index (χ2n) is 4.22. The summed E-state index contributed by atoms with van der Waals surface area (Å²) in [5.41, 5.74) is 1.31. The molecule has 6 heteroatoms. The van der Waals surface area contributed by atoms with E-state index < -0.39 is 10.0 Å². The SMILES string of the molecule is CCOc1ccc(C)cc1S(=O)(=O)Nc1ccncc1. The molecule has 0 atom stereocenters. The number of ether oxygens (including phenoxy) is 1. The third kappa shape index (κ3) is 3.27. The Labute approximate surface area is 118 Å². The lowest BCUT2D eigenvalue weighted by Gasteiger charge is -2.13. The van der Waals surface area contributed by atoms with Gasteiger partial charge in [0.1, 0.15) is 10.6 Å². The Morgan fingerprint density at radius 3 is 2.55 bits per heavy atom. The van der Waals surface area contributed by atoms with Crippen molar-refractivity contribution in [1.82, 2.24) is 4.98 Å². The maximum Gasteiger partial charge on any atom is 0.265 e. The van der Waals surface area contributed by atoms with Gasteiger partial charge in [-0.2, -0.15) is 0 Å². The fourth-order valence-corrected chi connectivity index (χ4v) is 3.02. The van der Waals surface area contributed by atoms with Gasteiger partial charge in [0.05, 0.1) is 12.3 Å². The summed E-state index contributed by atoms with van der Waals surface area (Å²) < 4.78 is 32.8. The first-order valence-corrected chi connectivity index (χ1v) is 7.67. The van der Waals surface area contributed by atoms with Gasteiger partial charge in [-0.25, -0.2) is 8.42 Å². The molecule has 1 aromatic heterocycles. The van der Waals surface area contributed by atoms with E-state index in [4.69, 9.17) is 4.74 Å². The van der Waals surface area contributed by atoms with Crippen molar-refractivity contribution in [3.63, 3.8) is 0 Å². The fraction of sp³-hybridized carbons (Fsp3) is 0.214. The van der Waals surface area contributed by atoms with E-state index in [0.29, 0.717) is 18.0 Å². The van der Waals surface area contributed by atoms with Crippen LogP contribution in [0, 0.1) is 6.92 Å². The van der Waals surface area contributed by atoms with Crippen LogP contribution in [0.5, 0.6) is 5.75 Å². The van der Waals surface area contributed by atoms with Crippen LogP contribution in [-0.2, 0) is 10.0 Å². The molecule has 1 heterocycles. The van der Waals surface area contributed by atoms with Gasteiger partial charge in [0.25, 0.3) is 10.0 Å². The van der Waals surface area contributed by atoms with Crippen LogP contribution in [0.3, 0.4) is 0 Å². The fourth-order valence-electron chi connectivity index (χ4n) is 1.73. The molecule has 0 aliphatic carbocycles. The molecule has 0 bridgehead atoms. The number of anilines is 1. The Kier molecular flexibility index (Phi) is 4.24. The van der Waals surface area contributed by atoms with E-state index >= 15 is 0 Å². The van der Waals surface area contributed by atoms with Gasteiger partial charge >= 0.3 is 0 Å². The second-order valence-corrected chi connectivity index (χ2v) is 5.88. The van der Waals surface area contributed by atoms with Crippen LogP contribution in [0.1, 0.15) is 12.5 Å². The Bertz CT molecular complexity index is 685. The number of hydrogen-bond acceptors (Lipinski definition) is 4. The van der Waals surface area contributed by atoms with E-state index in [-0.39, 0.29) is 4.90 Å². The molecule has 0 aliphatic heterocycles. The van der Waals surface area contributed by atoms with Crippen molar-refractivity contribution in [1.29, 1.82) is 0 Å². The van der Waals surface area contributed by atoms with Crippen LogP contribution in [0.15, 0.2) is 47.6 Å². The van der Waals surface area contributed by atoms with Gasteiger partial charge in [-0.15, -0.1) is 0 Å². The number of aromatic nitrogens is 1. The summed E-state index contributed by atoms with van der Waals surface area (Å²) in [6, 6.07) is 8.26. The average molecular weight is 292 g/mol. The van der Waals surface area contributed by atoms with Gasteiger partial charge in [-0.3, -0.25) is 9.71 Å². The molecule has 106 valence electrons. The average Bonchev–Trinajstić information content (AvgIpc) is 2.41. The first-order valence-electron chi connectivity index (χ1n) is 6.19. The third-order valence-electron chi connectivity index (χ3n) is 2.62. The highest BCUT2D eigenvalue weighted by Gasteiger charge is 2.20. The Morgan fingerprint density at radius 1 is 1.20 bits per heavy atom. The third-order valence-corrected chi connectivity index (χ3v) is 4.02. The predicted molar refractivity (Wildman–Crippen MR) is 77.4 cm³/mol. The molecular formula is C14H16N2O3S. The molecule has 1 aromatic carbocycles. The number of pyridine rings is 1. The summed E-state index contributed by atoms with van der Waals surface area (Å²) in [5.74, 6) is 0.347. The van der Waals surface area contributed by atoms with Gasteiger partial charge in [0.2, 0.25) is 0 Å². The van der Waals surface area contributed by atoms with Crippen molar-refractivity contribution < 1.29 is 13.2 Å². The van der Waals surface area contributed by atoms with Crippen LogP contribution in [0.4, 0.5) is 5.69 Å². The summed E-state index contributed by atoms with van der Waals surface area (Å²) in [7, 11) is -3.69. The van der Waals surface area contributed by atoms with E-state index in [0.717, 1.165) is 5.56 Å². The monoisotopic (exact) mass is 292 g/mol. The minimum atomic E-state index is -3.69. The number of nitrogens with zero attached hydrogens (tertiary/aromatic N) is 1. The Balaban J connectivity index is 2.41. The molecule has 20 heavy (non-hydrogen) atoms. The summed E-state index contributed by atoms with van der Waals surface area (Å²) in [4.78, 5) is 3.99. The van der Waals surface area contributed by atoms with Crippen molar-refractivity contribution in [3.05, 3.63) is 48.3 Å². The topological polar surface area (TPSA) is 68.3 Å². The van der Waals surface area contributed by atoms with E-state index in [1.54, 1.807) is 24.3 Å². The molecule has 0 aliphatic rings. The minimum Gasteiger partial charge on any atom is -0.492 e. The van der Waals surface area contributed by atoms with E-state index in [1.807, 2.05) is 19.9 Å². The lowest BCUT2D eigenvalue weighted by Crippen LogP contribution is -2.14. The number of aryl methyl sites for hydroxylation is 1. The quantitative estimate of drug-likeness (QED) is 0.919. The van der Waals surface area contributed by atoms with Crippen molar-refractivity contribution in [3.8, 4) is 5.75 Å². The largest absolute Gasteiger partial charge is 0.492 e. The zero-order chi connectivity index (χ0) is 14.6. The molecule has 5 nitrogen and oxygen atoms in total. The molecule has 0 fully saturated rings. The smallest absolute Gasteiger partial charge is 0.265 e. The second kappa shape index (κ2) is 5.92. The maximum absolute atomic E-state index is 12.4. The van der Waals surface area contributed by atoms with Crippen molar-refractivity contribution >= 4 is 15.7 Å². The standard InChI is InChI=1S/C14H16N2O3S/c1-3-19-13-5-4-11(2)10-14(13)20(17,18)16-12-6-8-15-9-7-12/h4-10H,3H2,1-2H3,(H,15,16). The van der Waals surface area contributed by atoms with E-state index in [2.05, 4.69) is 9.71 Å². The van der Waals surface area contributed by atoms with Crippen LogP contribution in [0.2, 0.25) is 0 Å². The molecule has 2 aromatic rings. The van der Waals surface area contributed by atoms with Gasteiger partial charge in [0.15, 0.2) is 0 Å². The molecule has 0 spiro atoms. The highest BCUT2D eigenvalue weighted by molar-refractivity contribution is 7.92. The van der Waals surface area contributed by atoms with Crippen LogP contribution >= 0.6 is 0 Å². The molecule has 2 rings (SSSR count). The van der Waals surface area contributed by atoms with E-state index in [9.17, 15) is 8.42 Å². The molecule has 0 unspecified atom stereocenters. The Morgan fingerprint density at radius 2 is 1.90 bits per heavy atom. The summed E-state index contributed by atoms with van der Waals surface area (Å²) in [5, 5.41) is 0. The Hall–Kier alpha value is -2.08. The first-order chi connectivity index (χ1) is 9.53. The van der Waals surface area contributed by atoms with Crippen LogP contribution < -0.4 is 9.46 Å². The minimum absolute atomic E-state index is 0.135. The van der Waals surface area contributed by atoms with Gasteiger partial charge in [0, 0.05) is 12.4 Å². The number of rotatable bonds is 5. The van der Waals surface area contributed by atoms with Gasteiger partial charge in [-0.1, -0.05) is 6.07 Å². The number of hydrogen-bond donors (Lipinski definition) is 1. The lowest BCUT2D eigenvalue weighted by atomic mass is 10.2. The first kappa shape index (κ1) is 14.3. The maximum atomic E-state index is 12.4. The highest BCUT2D eigenvalue weighted by atomic mass is 32.2. The number of sulfonamides is 1. The van der Waals surface area contributed by atoms with E-state index in [1.165, 1.54) is 12.4 Å². The lowest BCUT2D eigenvalue weighted by molar-refractivity contribution is 0.331. The highest BCUT2D eigenvalue weighted by Crippen LogP contribution is 2.26. The number of benzene rings is 1. The molecular weight excluding hydrogens is 276 g/mol. The normalized spacial score (nSPS) is 11.1. The predicted octanol–water partition coefficient (Wildman–Crippen LogP) is 2.59. The molecule has 0 radical (unpaired) electrons. The molecule has 1 N–H and O–H groups in total. The zero-order valence-electron chi connectivity index (χ0n) is 11.3. The molecule has 0 amide bonds. The van der Waals surface area contributed by atoms with Gasteiger partial charge < -0.3 is 4.74 Å². The van der Waals surface area contributed by atoms with Crippen LogP contribution in [0.25, 0.3) is 0 Å². The number of nitrogens with one attached hydrogen (secondary N) is 1. The van der Waals surface area contributed by atoms with Crippen molar-refractivity contribution in [2.45, 2.75) is 18.7 Å². The molecule has 0 saturated carbocycles. The summed E-state index contributed by atoms with van der Waals surface area (Å²) >= 11 is 0. The zero-order valence-corrected chi connectivity index (χ0v) is 12.1. The van der Waals surface area contributed by atoms with Gasteiger partial charge in [-0.05, 0) is 43.7 Å². The summed E-state index contributed by atoms with van der Waals surface area (Å²) in [6.07, 6.45) is 3.05. The molecule has 0 saturated heterocycles. The summed E-state index contributed by atoms with van der Waals surface area (Å²) in [6.45, 7) is 4.05. The van der Waals surface area contributed by atoms with Crippen molar-refractivity contribution in [2.24, 2.45) is 0 Å². The van der Waals surface area contributed by atoms with Crippen molar-refractivity contribution in [2.75, 3.05) is 11.3 Å². The van der Waals surface area contributed by atoms with Crippen LogP contribution in [-0.4, -0.2) is 20.0 Å².